The first kappa shape index (κ1) is 16.5. The quantitative estimate of drug-likeness (QED) is 0.758. The van der Waals surface area contributed by atoms with E-state index >= 15 is 0 Å². The fourth-order valence-electron chi connectivity index (χ4n) is 3.15. The number of piperidine rings is 1. The summed E-state index contributed by atoms with van der Waals surface area (Å²) >= 11 is 0. The molecule has 1 fully saturated rings. The summed E-state index contributed by atoms with van der Waals surface area (Å²) in [7, 11) is 0. The van der Waals surface area contributed by atoms with Gasteiger partial charge in [-0.2, -0.15) is 0 Å². The molecule has 118 valence electrons. The van der Waals surface area contributed by atoms with E-state index in [0.29, 0.717) is 12.3 Å². The highest BCUT2D eigenvalue weighted by molar-refractivity contribution is 5.14. The molecule has 1 heterocycles. The largest absolute Gasteiger partial charge is 0.368 e. The zero-order valence-corrected chi connectivity index (χ0v) is 13.3. The van der Waals surface area contributed by atoms with Crippen molar-refractivity contribution in [1.29, 1.82) is 0 Å². The van der Waals surface area contributed by atoms with Crippen LogP contribution in [0, 0.1) is 5.92 Å². The van der Waals surface area contributed by atoms with Gasteiger partial charge in [0.25, 0.3) is 0 Å². The van der Waals surface area contributed by atoms with E-state index < -0.39 is 6.29 Å². The maximum atomic E-state index is 10.2. The summed E-state index contributed by atoms with van der Waals surface area (Å²) in [5.41, 5.74) is 1.08. The van der Waals surface area contributed by atoms with E-state index in [-0.39, 0.29) is 5.60 Å². The highest BCUT2D eigenvalue weighted by Crippen LogP contribution is 2.30. The normalized spacial score (nSPS) is 18.6. The number of aryl methyl sites for hydroxylation is 1. The first-order valence-corrected chi connectivity index (χ1v) is 8.18. The molecule has 0 amide bonds. The number of ether oxygens (including phenoxy) is 1. The van der Waals surface area contributed by atoms with E-state index in [9.17, 15) is 5.11 Å². The van der Waals surface area contributed by atoms with Crippen LogP contribution < -0.4 is 5.32 Å². The van der Waals surface area contributed by atoms with Crippen LogP contribution in [0.5, 0.6) is 0 Å². The third-order valence-electron chi connectivity index (χ3n) is 4.52. The number of benzene rings is 1. The molecule has 0 bridgehead atoms. The van der Waals surface area contributed by atoms with Gasteiger partial charge in [0.1, 0.15) is 0 Å². The molecule has 0 radical (unpaired) electrons. The van der Waals surface area contributed by atoms with Crippen molar-refractivity contribution in [3.05, 3.63) is 35.9 Å². The van der Waals surface area contributed by atoms with Gasteiger partial charge in [-0.25, -0.2) is 0 Å². The average Bonchev–Trinajstić information content (AvgIpc) is 2.49. The Kier molecular flexibility index (Phi) is 6.22. The Morgan fingerprint density at radius 2 is 1.90 bits per heavy atom. The molecule has 21 heavy (non-hydrogen) atoms. The number of aliphatic hydroxyl groups excluding tert-OH is 1. The summed E-state index contributed by atoms with van der Waals surface area (Å²) < 4.78 is 5.94. The topological polar surface area (TPSA) is 41.5 Å². The zero-order valence-electron chi connectivity index (χ0n) is 13.3. The molecule has 0 aromatic heterocycles. The second-order valence-corrected chi connectivity index (χ2v) is 6.58. The van der Waals surface area contributed by atoms with Crippen molar-refractivity contribution in [3.63, 3.8) is 0 Å². The SMILES string of the molecule is CC(C)(OC(O)CCCc1ccccc1)C1CCNCC1. The molecule has 1 aromatic rings. The number of hydrogen-bond donors (Lipinski definition) is 2. The summed E-state index contributed by atoms with van der Waals surface area (Å²) in [6.45, 7) is 6.34. The molecule has 0 saturated carbocycles. The van der Waals surface area contributed by atoms with E-state index in [4.69, 9.17) is 4.74 Å². The summed E-state index contributed by atoms with van der Waals surface area (Å²) in [6, 6.07) is 10.4. The van der Waals surface area contributed by atoms with Crippen LogP contribution in [0.3, 0.4) is 0 Å². The van der Waals surface area contributed by atoms with Crippen molar-refractivity contribution in [3.8, 4) is 0 Å². The highest BCUT2D eigenvalue weighted by Gasteiger charge is 2.33. The molecule has 1 saturated heterocycles. The van der Waals surface area contributed by atoms with Gasteiger partial charge >= 0.3 is 0 Å². The van der Waals surface area contributed by atoms with E-state index in [0.717, 1.165) is 38.8 Å². The zero-order chi connectivity index (χ0) is 15.1. The van der Waals surface area contributed by atoms with Crippen molar-refractivity contribution in [1.82, 2.24) is 5.32 Å². The highest BCUT2D eigenvalue weighted by atomic mass is 16.6. The Morgan fingerprint density at radius 3 is 2.57 bits per heavy atom. The van der Waals surface area contributed by atoms with Crippen LogP contribution in [0.15, 0.2) is 30.3 Å². The first-order chi connectivity index (χ1) is 10.1. The minimum absolute atomic E-state index is 0.242. The van der Waals surface area contributed by atoms with Gasteiger partial charge < -0.3 is 15.2 Å². The van der Waals surface area contributed by atoms with Gasteiger partial charge in [0.15, 0.2) is 6.29 Å². The third kappa shape index (κ3) is 5.42. The molecule has 3 nitrogen and oxygen atoms in total. The van der Waals surface area contributed by atoms with E-state index in [1.54, 1.807) is 0 Å². The first-order valence-electron chi connectivity index (χ1n) is 8.18. The van der Waals surface area contributed by atoms with Crippen LogP contribution in [-0.2, 0) is 11.2 Å². The Morgan fingerprint density at radius 1 is 1.24 bits per heavy atom. The molecule has 1 unspecified atom stereocenters. The lowest BCUT2D eigenvalue weighted by Gasteiger charge is -2.38. The predicted molar refractivity (Wildman–Crippen MR) is 86.1 cm³/mol. The molecule has 1 atom stereocenters. The number of hydrogen-bond acceptors (Lipinski definition) is 3. The molecule has 0 spiro atoms. The minimum atomic E-state index is -0.654. The van der Waals surface area contributed by atoms with Gasteiger partial charge in [-0.3, -0.25) is 0 Å². The van der Waals surface area contributed by atoms with Gasteiger partial charge in [-0.05, 0) is 70.5 Å². The Balaban J connectivity index is 1.71. The van der Waals surface area contributed by atoms with Crippen LogP contribution in [0.1, 0.15) is 45.1 Å². The standard InChI is InChI=1S/C18H29NO2/c1-18(2,16-11-13-19-14-12-16)21-17(20)10-6-9-15-7-4-3-5-8-15/h3-5,7-8,16-17,19-20H,6,9-14H2,1-2H3. The number of aliphatic hydroxyl groups is 1. The molecule has 1 aliphatic heterocycles. The lowest BCUT2D eigenvalue weighted by atomic mass is 9.83. The summed E-state index contributed by atoms with van der Waals surface area (Å²) in [5, 5.41) is 13.5. The average molecular weight is 291 g/mol. The lowest BCUT2D eigenvalue weighted by molar-refractivity contribution is -0.197. The molecular weight excluding hydrogens is 262 g/mol. The molecule has 2 N–H and O–H groups in total. The van der Waals surface area contributed by atoms with Crippen molar-refractivity contribution in [2.45, 2.75) is 57.8 Å². The fraction of sp³-hybridized carbons (Fsp3) is 0.667. The third-order valence-corrected chi connectivity index (χ3v) is 4.52. The van der Waals surface area contributed by atoms with Crippen LogP contribution in [0.4, 0.5) is 0 Å². The number of rotatable bonds is 7. The minimum Gasteiger partial charge on any atom is -0.368 e. The van der Waals surface area contributed by atoms with Crippen molar-refractivity contribution < 1.29 is 9.84 Å². The van der Waals surface area contributed by atoms with Gasteiger partial charge in [0.05, 0.1) is 5.60 Å². The molecule has 1 aliphatic rings. The second-order valence-electron chi connectivity index (χ2n) is 6.58. The lowest BCUT2D eigenvalue weighted by Crippen LogP contribution is -2.43. The summed E-state index contributed by atoms with van der Waals surface area (Å²) in [4.78, 5) is 0. The Bertz CT molecular complexity index is 399. The maximum Gasteiger partial charge on any atom is 0.155 e. The van der Waals surface area contributed by atoms with E-state index in [1.165, 1.54) is 5.56 Å². The Hall–Kier alpha value is -0.900. The smallest absolute Gasteiger partial charge is 0.155 e. The van der Waals surface area contributed by atoms with E-state index in [2.05, 4.69) is 43.4 Å². The van der Waals surface area contributed by atoms with Crippen molar-refractivity contribution >= 4 is 0 Å². The van der Waals surface area contributed by atoms with Gasteiger partial charge in [-0.1, -0.05) is 30.3 Å². The van der Waals surface area contributed by atoms with Crippen LogP contribution in [0.25, 0.3) is 0 Å². The second kappa shape index (κ2) is 7.92. The van der Waals surface area contributed by atoms with Crippen molar-refractivity contribution in [2.24, 2.45) is 5.92 Å². The summed E-state index contributed by atoms with van der Waals surface area (Å²) in [5.74, 6) is 0.530. The predicted octanol–water partition coefficient (Wildman–Crippen LogP) is 3.12. The van der Waals surface area contributed by atoms with Gasteiger partial charge in [0, 0.05) is 0 Å². The molecule has 0 aliphatic carbocycles. The van der Waals surface area contributed by atoms with Crippen LogP contribution in [0.2, 0.25) is 0 Å². The Labute approximate surface area is 128 Å². The summed E-state index contributed by atoms with van der Waals surface area (Å²) in [6.07, 6.45) is 4.25. The monoisotopic (exact) mass is 291 g/mol. The maximum absolute atomic E-state index is 10.2. The number of nitrogens with one attached hydrogen (secondary N) is 1. The van der Waals surface area contributed by atoms with Gasteiger partial charge in [-0.15, -0.1) is 0 Å². The van der Waals surface area contributed by atoms with Crippen LogP contribution >= 0.6 is 0 Å². The molecule has 2 rings (SSSR count). The molecular formula is C18H29NO2. The molecule has 1 aromatic carbocycles. The van der Waals surface area contributed by atoms with Crippen molar-refractivity contribution in [2.75, 3.05) is 13.1 Å². The van der Waals surface area contributed by atoms with Gasteiger partial charge in [0.2, 0.25) is 0 Å². The van der Waals surface area contributed by atoms with E-state index in [1.807, 2.05) is 6.07 Å². The fourth-order valence-corrected chi connectivity index (χ4v) is 3.15. The molecule has 3 heteroatoms. The van der Waals surface area contributed by atoms with Crippen LogP contribution in [-0.4, -0.2) is 30.1 Å².